The Kier molecular flexibility index (Phi) is 3.91. The number of nitro groups is 1. The number of esters is 1. The van der Waals surface area contributed by atoms with Crippen LogP contribution in [0.1, 0.15) is 16.7 Å². The van der Waals surface area contributed by atoms with E-state index in [0.717, 1.165) is 0 Å². The van der Waals surface area contributed by atoms with E-state index in [1.807, 2.05) is 0 Å². The lowest BCUT2D eigenvalue weighted by molar-refractivity contribution is -0.385. The number of carbonyl (C=O) groups is 1. The molecule has 0 spiro atoms. The third-order valence-corrected chi connectivity index (χ3v) is 3.43. The summed E-state index contributed by atoms with van der Waals surface area (Å²) in [6.07, 6.45) is 1.39. The average Bonchev–Trinajstić information content (AvgIpc) is 2.90. The number of hydrogen-bond donors (Lipinski definition) is 0. The number of nitro benzene ring substituents is 1. The van der Waals surface area contributed by atoms with E-state index in [1.54, 1.807) is 25.1 Å². The standard InChI is InChI=1S/C17H11FN2O4/c1-10-5-6-11(8-15(10)20(22)23)7-14-17(21)24-16(19-14)12-3-2-4-13(18)9-12/h2-9H,1H3/b14-7-. The number of ether oxygens (including phenoxy) is 1. The summed E-state index contributed by atoms with van der Waals surface area (Å²) in [5.41, 5.74) is 1.24. The minimum atomic E-state index is -0.697. The molecule has 3 rings (SSSR count). The maximum absolute atomic E-state index is 13.2. The summed E-state index contributed by atoms with van der Waals surface area (Å²) >= 11 is 0. The van der Waals surface area contributed by atoms with Gasteiger partial charge in [-0.2, -0.15) is 0 Å². The lowest BCUT2D eigenvalue weighted by Gasteiger charge is -1.99. The maximum Gasteiger partial charge on any atom is 0.363 e. The maximum atomic E-state index is 13.2. The fourth-order valence-corrected chi connectivity index (χ4v) is 2.22. The van der Waals surface area contributed by atoms with Crippen LogP contribution in [0.4, 0.5) is 10.1 Å². The second-order valence-electron chi connectivity index (χ2n) is 5.15. The molecule has 0 fully saturated rings. The Morgan fingerprint density at radius 2 is 2.04 bits per heavy atom. The van der Waals surface area contributed by atoms with Crippen molar-refractivity contribution in [2.24, 2.45) is 4.99 Å². The second kappa shape index (κ2) is 6.04. The Labute approximate surface area is 136 Å². The van der Waals surface area contributed by atoms with Crippen molar-refractivity contribution in [2.45, 2.75) is 6.92 Å². The fraction of sp³-hybridized carbons (Fsp3) is 0.0588. The molecular weight excluding hydrogens is 315 g/mol. The van der Waals surface area contributed by atoms with Crippen LogP contribution in [0.15, 0.2) is 53.2 Å². The van der Waals surface area contributed by atoms with Gasteiger partial charge in [0.25, 0.3) is 5.69 Å². The van der Waals surface area contributed by atoms with E-state index in [0.29, 0.717) is 16.7 Å². The number of benzene rings is 2. The van der Waals surface area contributed by atoms with Crippen LogP contribution in [-0.4, -0.2) is 16.8 Å². The Morgan fingerprint density at radius 1 is 1.25 bits per heavy atom. The molecule has 0 aliphatic carbocycles. The number of nitrogens with zero attached hydrogens (tertiary/aromatic N) is 2. The largest absolute Gasteiger partial charge is 0.402 e. The molecule has 0 radical (unpaired) electrons. The van der Waals surface area contributed by atoms with E-state index < -0.39 is 16.7 Å². The van der Waals surface area contributed by atoms with Gasteiger partial charge < -0.3 is 4.74 Å². The van der Waals surface area contributed by atoms with Crippen LogP contribution in [0, 0.1) is 22.9 Å². The number of carbonyl (C=O) groups excluding carboxylic acids is 1. The van der Waals surface area contributed by atoms with Gasteiger partial charge in [-0.1, -0.05) is 18.2 Å². The van der Waals surface area contributed by atoms with Gasteiger partial charge in [0, 0.05) is 17.2 Å². The minimum Gasteiger partial charge on any atom is -0.402 e. The Morgan fingerprint density at radius 3 is 2.75 bits per heavy atom. The minimum absolute atomic E-state index is 0.00703. The van der Waals surface area contributed by atoms with E-state index in [9.17, 15) is 19.3 Å². The molecule has 120 valence electrons. The van der Waals surface area contributed by atoms with Gasteiger partial charge in [-0.15, -0.1) is 0 Å². The SMILES string of the molecule is Cc1ccc(/C=C2\N=C(c3cccc(F)c3)OC2=O)cc1[N+](=O)[O-]. The van der Waals surface area contributed by atoms with Crippen molar-refractivity contribution >= 4 is 23.6 Å². The highest BCUT2D eigenvalue weighted by molar-refractivity contribution is 6.12. The molecule has 2 aromatic rings. The molecule has 24 heavy (non-hydrogen) atoms. The highest BCUT2D eigenvalue weighted by Gasteiger charge is 2.24. The van der Waals surface area contributed by atoms with Crippen LogP contribution in [0.5, 0.6) is 0 Å². The van der Waals surface area contributed by atoms with Crippen molar-refractivity contribution < 1.29 is 18.8 Å². The van der Waals surface area contributed by atoms with Crippen LogP contribution in [0.3, 0.4) is 0 Å². The van der Waals surface area contributed by atoms with Crippen LogP contribution in [0.25, 0.3) is 6.08 Å². The summed E-state index contributed by atoms with van der Waals surface area (Å²) < 4.78 is 18.3. The summed E-state index contributed by atoms with van der Waals surface area (Å²) in [4.78, 5) is 26.4. The van der Waals surface area contributed by atoms with Gasteiger partial charge in [0.05, 0.1) is 4.92 Å². The smallest absolute Gasteiger partial charge is 0.363 e. The number of hydrogen-bond acceptors (Lipinski definition) is 5. The fourth-order valence-electron chi connectivity index (χ4n) is 2.22. The van der Waals surface area contributed by atoms with Crippen molar-refractivity contribution in [2.75, 3.05) is 0 Å². The molecule has 0 saturated heterocycles. The van der Waals surface area contributed by atoms with Gasteiger partial charge >= 0.3 is 5.97 Å². The molecule has 0 aromatic heterocycles. The molecule has 1 heterocycles. The first-order chi connectivity index (χ1) is 11.4. The van der Waals surface area contributed by atoms with Gasteiger partial charge in [-0.25, -0.2) is 14.2 Å². The lowest BCUT2D eigenvalue weighted by Crippen LogP contribution is -2.05. The van der Waals surface area contributed by atoms with E-state index in [4.69, 9.17) is 4.74 Å². The van der Waals surface area contributed by atoms with Gasteiger partial charge in [0.15, 0.2) is 5.70 Å². The zero-order valence-corrected chi connectivity index (χ0v) is 12.5. The first-order valence-electron chi connectivity index (χ1n) is 6.97. The number of aliphatic imine (C=N–C) groups is 1. The highest BCUT2D eigenvalue weighted by atomic mass is 19.1. The Bertz CT molecular complexity index is 919. The van der Waals surface area contributed by atoms with Crippen molar-refractivity contribution in [1.82, 2.24) is 0 Å². The third-order valence-electron chi connectivity index (χ3n) is 3.43. The molecule has 2 aromatic carbocycles. The molecule has 0 saturated carbocycles. The summed E-state index contributed by atoms with van der Waals surface area (Å²) in [5.74, 6) is -1.18. The molecule has 6 nitrogen and oxygen atoms in total. The first-order valence-corrected chi connectivity index (χ1v) is 6.97. The summed E-state index contributed by atoms with van der Waals surface area (Å²) in [6, 6.07) is 10.1. The zero-order valence-electron chi connectivity index (χ0n) is 12.5. The topological polar surface area (TPSA) is 81.8 Å². The normalized spacial score (nSPS) is 15.3. The monoisotopic (exact) mass is 326 g/mol. The molecule has 1 aliphatic heterocycles. The highest BCUT2D eigenvalue weighted by Crippen LogP contribution is 2.23. The summed E-state index contributed by atoms with van der Waals surface area (Å²) in [7, 11) is 0. The molecule has 1 aliphatic rings. The Balaban J connectivity index is 1.97. The van der Waals surface area contributed by atoms with E-state index in [2.05, 4.69) is 4.99 Å². The third kappa shape index (κ3) is 3.05. The number of aryl methyl sites for hydroxylation is 1. The molecular formula is C17H11FN2O4. The number of halogens is 1. The van der Waals surface area contributed by atoms with Gasteiger partial charge in [-0.3, -0.25) is 10.1 Å². The van der Waals surface area contributed by atoms with Crippen molar-refractivity contribution in [3.63, 3.8) is 0 Å². The van der Waals surface area contributed by atoms with Crippen LogP contribution in [0.2, 0.25) is 0 Å². The quantitative estimate of drug-likeness (QED) is 0.375. The predicted octanol–water partition coefficient (Wildman–Crippen LogP) is 3.39. The summed E-state index contributed by atoms with van der Waals surface area (Å²) in [6.45, 7) is 1.62. The molecule has 0 atom stereocenters. The van der Waals surface area contributed by atoms with Gasteiger partial charge in [-0.05, 0) is 36.8 Å². The summed E-state index contributed by atoms with van der Waals surface area (Å²) in [5, 5.41) is 11.0. The average molecular weight is 326 g/mol. The van der Waals surface area contributed by atoms with Crippen LogP contribution < -0.4 is 0 Å². The van der Waals surface area contributed by atoms with E-state index in [1.165, 1.54) is 30.3 Å². The molecule has 0 N–H and O–H groups in total. The molecule has 0 unspecified atom stereocenters. The lowest BCUT2D eigenvalue weighted by atomic mass is 10.1. The van der Waals surface area contributed by atoms with Gasteiger partial charge in [0.2, 0.25) is 5.90 Å². The van der Waals surface area contributed by atoms with Gasteiger partial charge in [0.1, 0.15) is 5.82 Å². The number of cyclic esters (lactones) is 1. The molecule has 7 heteroatoms. The first kappa shape index (κ1) is 15.5. The van der Waals surface area contributed by atoms with Crippen molar-refractivity contribution in [1.29, 1.82) is 0 Å². The van der Waals surface area contributed by atoms with Crippen molar-refractivity contribution in [3.05, 3.63) is 80.8 Å². The Hall–Kier alpha value is -3.35. The second-order valence-corrected chi connectivity index (χ2v) is 5.15. The van der Waals surface area contributed by atoms with Crippen LogP contribution >= 0.6 is 0 Å². The van der Waals surface area contributed by atoms with E-state index >= 15 is 0 Å². The van der Waals surface area contributed by atoms with E-state index in [-0.39, 0.29) is 17.3 Å². The van der Waals surface area contributed by atoms with Crippen molar-refractivity contribution in [3.8, 4) is 0 Å². The molecule has 0 amide bonds. The predicted molar refractivity (Wildman–Crippen MR) is 84.8 cm³/mol. The van der Waals surface area contributed by atoms with Crippen LogP contribution in [-0.2, 0) is 9.53 Å². The zero-order chi connectivity index (χ0) is 17.3. The number of rotatable bonds is 3. The molecule has 0 bridgehead atoms.